The quantitative estimate of drug-likeness (QED) is 0.859. The first kappa shape index (κ1) is 9.42. The Morgan fingerprint density at radius 1 is 1.50 bits per heavy atom. The summed E-state index contributed by atoms with van der Waals surface area (Å²) in [6.07, 6.45) is 6.68. The van der Waals surface area contributed by atoms with Gasteiger partial charge in [-0.1, -0.05) is 6.08 Å². The van der Waals surface area contributed by atoms with Crippen molar-refractivity contribution in [1.82, 2.24) is 4.98 Å². The van der Waals surface area contributed by atoms with Crippen LogP contribution in [0.25, 0.3) is 6.08 Å². The van der Waals surface area contributed by atoms with Gasteiger partial charge in [-0.05, 0) is 47.1 Å². The molecular formula is C9H11BrN2. The van der Waals surface area contributed by atoms with Crippen molar-refractivity contribution < 1.29 is 0 Å². The second kappa shape index (κ2) is 5.06. The van der Waals surface area contributed by atoms with Crippen molar-refractivity contribution in [2.45, 2.75) is 6.42 Å². The third-order valence-corrected chi connectivity index (χ3v) is 1.84. The molecule has 0 aliphatic carbocycles. The molecule has 0 saturated carbocycles. The summed E-state index contributed by atoms with van der Waals surface area (Å²) in [7, 11) is 0. The van der Waals surface area contributed by atoms with Crippen LogP contribution in [0.15, 0.2) is 28.9 Å². The zero-order valence-electron chi connectivity index (χ0n) is 6.70. The number of nitrogens with two attached hydrogens (primary N) is 1. The number of rotatable bonds is 3. The van der Waals surface area contributed by atoms with E-state index in [1.165, 1.54) is 0 Å². The molecule has 0 bridgehead atoms. The predicted octanol–water partition coefficient (Wildman–Crippen LogP) is 2.21. The lowest BCUT2D eigenvalue weighted by Crippen LogP contribution is -1.95. The summed E-state index contributed by atoms with van der Waals surface area (Å²) in [5, 5.41) is 0. The van der Waals surface area contributed by atoms with Crippen LogP contribution in [0.5, 0.6) is 0 Å². The number of halogens is 1. The van der Waals surface area contributed by atoms with Gasteiger partial charge >= 0.3 is 0 Å². The molecular weight excluding hydrogens is 216 g/mol. The fourth-order valence-electron chi connectivity index (χ4n) is 0.786. The molecule has 0 amide bonds. The lowest BCUT2D eigenvalue weighted by Gasteiger charge is -1.92. The van der Waals surface area contributed by atoms with Gasteiger partial charge in [-0.15, -0.1) is 0 Å². The van der Waals surface area contributed by atoms with E-state index in [9.17, 15) is 0 Å². The maximum Gasteiger partial charge on any atom is 0.0627 e. The highest BCUT2D eigenvalue weighted by Crippen LogP contribution is 2.08. The number of hydrogen-bond acceptors (Lipinski definition) is 2. The minimum absolute atomic E-state index is 0.688. The lowest BCUT2D eigenvalue weighted by atomic mass is 10.3. The van der Waals surface area contributed by atoms with Crippen molar-refractivity contribution in [2.24, 2.45) is 5.73 Å². The standard InChI is InChI=1S/C9H11BrN2/c10-8-4-5-9(12-7-8)3-1-2-6-11/h1,3-5,7H,2,6,11H2. The van der Waals surface area contributed by atoms with Crippen LogP contribution in [0.3, 0.4) is 0 Å². The van der Waals surface area contributed by atoms with Crippen LogP contribution >= 0.6 is 15.9 Å². The highest BCUT2D eigenvalue weighted by atomic mass is 79.9. The van der Waals surface area contributed by atoms with Crippen molar-refractivity contribution in [3.05, 3.63) is 34.6 Å². The predicted molar refractivity (Wildman–Crippen MR) is 54.6 cm³/mol. The van der Waals surface area contributed by atoms with Crippen molar-refractivity contribution in [3.8, 4) is 0 Å². The molecule has 0 aromatic carbocycles. The van der Waals surface area contributed by atoms with Crippen molar-refractivity contribution in [2.75, 3.05) is 6.54 Å². The molecule has 0 unspecified atom stereocenters. The maximum absolute atomic E-state index is 5.34. The molecule has 2 nitrogen and oxygen atoms in total. The van der Waals surface area contributed by atoms with Gasteiger partial charge in [-0.3, -0.25) is 4.98 Å². The lowest BCUT2D eigenvalue weighted by molar-refractivity contribution is 1.01. The number of aromatic nitrogens is 1. The molecule has 1 aromatic rings. The van der Waals surface area contributed by atoms with E-state index in [1.54, 1.807) is 6.20 Å². The van der Waals surface area contributed by atoms with Gasteiger partial charge in [-0.2, -0.15) is 0 Å². The zero-order chi connectivity index (χ0) is 8.81. The second-order valence-corrected chi connectivity index (χ2v) is 3.30. The molecule has 1 rings (SSSR count). The van der Waals surface area contributed by atoms with Gasteiger partial charge in [0.2, 0.25) is 0 Å². The molecule has 0 fully saturated rings. The van der Waals surface area contributed by atoms with Crippen LogP contribution in [0.4, 0.5) is 0 Å². The summed E-state index contributed by atoms with van der Waals surface area (Å²) in [5.41, 5.74) is 6.30. The summed E-state index contributed by atoms with van der Waals surface area (Å²) in [5.74, 6) is 0. The van der Waals surface area contributed by atoms with Crippen LogP contribution in [0.1, 0.15) is 12.1 Å². The Morgan fingerprint density at radius 3 is 2.92 bits per heavy atom. The minimum Gasteiger partial charge on any atom is -0.330 e. The van der Waals surface area contributed by atoms with Crippen molar-refractivity contribution in [1.29, 1.82) is 0 Å². The monoisotopic (exact) mass is 226 g/mol. The number of nitrogens with zero attached hydrogens (tertiary/aromatic N) is 1. The van der Waals surface area contributed by atoms with Gasteiger partial charge in [0, 0.05) is 10.7 Å². The Labute approximate surface area is 80.6 Å². The van der Waals surface area contributed by atoms with Crippen LogP contribution in [-0.4, -0.2) is 11.5 Å². The average molecular weight is 227 g/mol. The van der Waals surface area contributed by atoms with Gasteiger partial charge in [0.05, 0.1) is 5.69 Å². The Morgan fingerprint density at radius 2 is 2.33 bits per heavy atom. The smallest absolute Gasteiger partial charge is 0.0627 e. The molecule has 2 N–H and O–H groups in total. The molecule has 12 heavy (non-hydrogen) atoms. The van der Waals surface area contributed by atoms with Gasteiger partial charge < -0.3 is 5.73 Å². The first-order chi connectivity index (χ1) is 5.83. The van der Waals surface area contributed by atoms with Crippen LogP contribution in [0, 0.1) is 0 Å². The normalized spacial score (nSPS) is 10.8. The Hall–Kier alpha value is -0.670. The summed E-state index contributed by atoms with van der Waals surface area (Å²) in [6, 6.07) is 3.92. The molecule has 0 atom stereocenters. The van der Waals surface area contributed by atoms with Gasteiger partial charge in [0.1, 0.15) is 0 Å². The third kappa shape index (κ3) is 3.15. The number of pyridine rings is 1. The van der Waals surface area contributed by atoms with Crippen molar-refractivity contribution in [3.63, 3.8) is 0 Å². The van der Waals surface area contributed by atoms with Gasteiger partial charge in [0.15, 0.2) is 0 Å². The van der Waals surface area contributed by atoms with E-state index >= 15 is 0 Å². The molecule has 0 spiro atoms. The van der Waals surface area contributed by atoms with E-state index < -0.39 is 0 Å². The molecule has 1 aromatic heterocycles. The van der Waals surface area contributed by atoms with E-state index in [4.69, 9.17) is 5.73 Å². The summed E-state index contributed by atoms with van der Waals surface area (Å²) >= 11 is 3.32. The molecule has 0 saturated heterocycles. The van der Waals surface area contributed by atoms with Crippen LogP contribution in [0.2, 0.25) is 0 Å². The topological polar surface area (TPSA) is 38.9 Å². The minimum atomic E-state index is 0.688. The summed E-state index contributed by atoms with van der Waals surface area (Å²) < 4.78 is 0.999. The molecule has 0 radical (unpaired) electrons. The highest BCUT2D eigenvalue weighted by molar-refractivity contribution is 9.10. The van der Waals surface area contributed by atoms with Gasteiger partial charge in [-0.25, -0.2) is 0 Å². The van der Waals surface area contributed by atoms with Crippen LogP contribution in [-0.2, 0) is 0 Å². The molecule has 0 aliphatic heterocycles. The number of hydrogen-bond donors (Lipinski definition) is 1. The third-order valence-electron chi connectivity index (χ3n) is 1.37. The van der Waals surface area contributed by atoms with E-state index in [0.29, 0.717) is 6.54 Å². The van der Waals surface area contributed by atoms with E-state index in [0.717, 1.165) is 16.6 Å². The summed E-state index contributed by atoms with van der Waals surface area (Å²) in [4.78, 5) is 4.18. The van der Waals surface area contributed by atoms with E-state index in [-0.39, 0.29) is 0 Å². The first-order valence-electron chi connectivity index (χ1n) is 3.81. The largest absolute Gasteiger partial charge is 0.330 e. The SMILES string of the molecule is NCCC=Cc1ccc(Br)cn1. The molecule has 64 valence electrons. The van der Waals surface area contributed by atoms with Crippen molar-refractivity contribution >= 4 is 22.0 Å². The second-order valence-electron chi connectivity index (χ2n) is 2.38. The van der Waals surface area contributed by atoms with Gasteiger partial charge in [0.25, 0.3) is 0 Å². The zero-order valence-corrected chi connectivity index (χ0v) is 8.29. The average Bonchev–Trinajstić information content (AvgIpc) is 2.09. The highest BCUT2D eigenvalue weighted by Gasteiger charge is 1.87. The van der Waals surface area contributed by atoms with E-state index in [1.807, 2.05) is 24.3 Å². The van der Waals surface area contributed by atoms with Crippen LogP contribution < -0.4 is 5.73 Å². The Balaban J connectivity index is 2.58. The fourth-order valence-corrected chi connectivity index (χ4v) is 1.02. The molecule has 3 heteroatoms. The summed E-state index contributed by atoms with van der Waals surface area (Å²) in [6.45, 7) is 0.688. The maximum atomic E-state index is 5.34. The van der Waals surface area contributed by atoms with E-state index in [2.05, 4.69) is 20.9 Å². The molecule has 1 heterocycles. The first-order valence-corrected chi connectivity index (χ1v) is 4.60. The Bertz CT molecular complexity index is 254. The Kier molecular flexibility index (Phi) is 3.97. The molecule has 0 aliphatic rings. The fraction of sp³-hybridized carbons (Fsp3) is 0.222.